The van der Waals surface area contributed by atoms with Gasteiger partial charge < -0.3 is 9.80 Å². The molecule has 4 rings (SSSR count). The Morgan fingerprint density at radius 1 is 0.933 bits per heavy atom. The molecule has 0 spiro atoms. The van der Waals surface area contributed by atoms with E-state index >= 15 is 0 Å². The van der Waals surface area contributed by atoms with E-state index in [1.54, 1.807) is 4.90 Å². The van der Waals surface area contributed by atoms with Crippen LogP contribution in [0.2, 0.25) is 0 Å². The van der Waals surface area contributed by atoms with E-state index in [1.165, 1.54) is 5.56 Å². The van der Waals surface area contributed by atoms with Gasteiger partial charge in [-0.3, -0.25) is 14.5 Å². The van der Waals surface area contributed by atoms with Crippen molar-refractivity contribution in [2.75, 3.05) is 26.2 Å². The summed E-state index contributed by atoms with van der Waals surface area (Å²) in [6.45, 7) is 8.85. The summed E-state index contributed by atoms with van der Waals surface area (Å²) in [5, 5.41) is 0. The van der Waals surface area contributed by atoms with Crippen LogP contribution in [-0.2, 0) is 17.9 Å². The van der Waals surface area contributed by atoms with Gasteiger partial charge in [0.25, 0.3) is 5.91 Å². The minimum Gasteiger partial charge on any atom is -0.338 e. The second kappa shape index (κ2) is 9.00. The van der Waals surface area contributed by atoms with Gasteiger partial charge in [0.1, 0.15) is 6.04 Å². The summed E-state index contributed by atoms with van der Waals surface area (Å²) < 4.78 is 0. The molecule has 158 valence electrons. The monoisotopic (exact) mass is 405 g/mol. The predicted molar refractivity (Wildman–Crippen MR) is 118 cm³/mol. The average Bonchev–Trinajstić information content (AvgIpc) is 3.09. The molecule has 0 N–H and O–H groups in total. The number of piperazine rings is 1. The lowest BCUT2D eigenvalue weighted by molar-refractivity contribution is -0.138. The van der Waals surface area contributed by atoms with Crippen LogP contribution in [0.3, 0.4) is 0 Å². The zero-order valence-corrected chi connectivity index (χ0v) is 18.0. The molecule has 0 aromatic heterocycles. The van der Waals surface area contributed by atoms with Gasteiger partial charge in [-0.15, -0.1) is 0 Å². The Bertz CT molecular complexity index is 888. The molecule has 2 aliphatic rings. The van der Waals surface area contributed by atoms with E-state index in [0.717, 1.165) is 43.9 Å². The normalized spacial score (nSPS) is 18.0. The van der Waals surface area contributed by atoms with Crippen LogP contribution in [0.4, 0.5) is 0 Å². The molecule has 0 unspecified atom stereocenters. The topological polar surface area (TPSA) is 43.9 Å². The molecule has 0 radical (unpaired) electrons. The number of amides is 2. The van der Waals surface area contributed by atoms with Crippen molar-refractivity contribution in [1.29, 1.82) is 0 Å². The van der Waals surface area contributed by atoms with Crippen LogP contribution >= 0.6 is 0 Å². The smallest absolute Gasteiger partial charge is 0.255 e. The lowest BCUT2D eigenvalue weighted by Crippen LogP contribution is -2.55. The van der Waals surface area contributed by atoms with Crippen molar-refractivity contribution in [3.63, 3.8) is 0 Å². The third-order valence-corrected chi connectivity index (χ3v) is 6.14. The molecular weight excluding hydrogens is 374 g/mol. The van der Waals surface area contributed by atoms with Crippen molar-refractivity contribution in [3.8, 4) is 0 Å². The van der Waals surface area contributed by atoms with Crippen molar-refractivity contribution in [2.45, 2.75) is 39.4 Å². The first-order chi connectivity index (χ1) is 14.5. The van der Waals surface area contributed by atoms with E-state index in [2.05, 4.69) is 43.0 Å². The summed E-state index contributed by atoms with van der Waals surface area (Å²) in [5.74, 6) is 0.436. The van der Waals surface area contributed by atoms with Crippen LogP contribution < -0.4 is 0 Å². The fourth-order valence-electron chi connectivity index (χ4n) is 4.52. The van der Waals surface area contributed by atoms with E-state index in [-0.39, 0.29) is 17.9 Å². The van der Waals surface area contributed by atoms with Crippen LogP contribution in [-0.4, -0.2) is 58.7 Å². The van der Waals surface area contributed by atoms with Crippen molar-refractivity contribution in [2.24, 2.45) is 5.92 Å². The molecular formula is C25H31N3O2. The van der Waals surface area contributed by atoms with Crippen molar-refractivity contribution in [1.82, 2.24) is 14.7 Å². The maximum atomic E-state index is 13.5. The maximum Gasteiger partial charge on any atom is 0.255 e. The van der Waals surface area contributed by atoms with Crippen LogP contribution in [0, 0.1) is 5.92 Å². The standard InChI is InChI=1S/C25H31N3O2/c1-19(2)16-23(28-18-21-10-6-7-11-22(21)24(28)29)25(30)27-14-12-26(13-15-27)17-20-8-4-3-5-9-20/h3-11,19,23H,12-18H2,1-2H3/t23-/m0/s1. The molecule has 0 saturated carbocycles. The van der Waals surface area contributed by atoms with Gasteiger partial charge in [0.15, 0.2) is 0 Å². The summed E-state index contributed by atoms with van der Waals surface area (Å²) in [6.07, 6.45) is 0.697. The molecule has 2 amide bonds. The third-order valence-electron chi connectivity index (χ3n) is 6.14. The number of hydrogen-bond acceptors (Lipinski definition) is 3. The van der Waals surface area contributed by atoms with E-state index in [4.69, 9.17) is 0 Å². The molecule has 2 aromatic carbocycles. The molecule has 0 aliphatic carbocycles. The summed E-state index contributed by atoms with van der Waals surface area (Å²) in [5.41, 5.74) is 3.07. The summed E-state index contributed by atoms with van der Waals surface area (Å²) in [4.78, 5) is 32.7. The minimum atomic E-state index is -0.384. The molecule has 5 nitrogen and oxygen atoms in total. The van der Waals surface area contributed by atoms with Gasteiger partial charge in [-0.1, -0.05) is 62.4 Å². The predicted octanol–water partition coefficient (Wildman–Crippen LogP) is 3.40. The van der Waals surface area contributed by atoms with Crippen LogP contribution in [0.25, 0.3) is 0 Å². The number of carbonyl (C=O) groups excluding carboxylic acids is 2. The highest BCUT2D eigenvalue weighted by molar-refractivity contribution is 6.01. The third kappa shape index (κ3) is 4.41. The van der Waals surface area contributed by atoms with Gasteiger partial charge in [-0.05, 0) is 29.5 Å². The molecule has 2 aromatic rings. The van der Waals surface area contributed by atoms with Gasteiger partial charge in [-0.25, -0.2) is 0 Å². The number of hydrogen-bond donors (Lipinski definition) is 0. The molecule has 2 heterocycles. The Kier molecular flexibility index (Phi) is 6.18. The molecule has 5 heteroatoms. The number of carbonyl (C=O) groups is 2. The molecule has 1 atom stereocenters. The Balaban J connectivity index is 1.42. The second-order valence-electron chi connectivity index (χ2n) is 8.82. The van der Waals surface area contributed by atoms with E-state index < -0.39 is 0 Å². The first-order valence-corrected chi connectivity index (χ1v) is 11.0. The van der Waals surface area contributed by atoms with E-state index in [9.17, 15) is 9.59 Å². The zero-order chi connectivity index (χ0) is 21.1. The molecule has 1 fully saturated rings. The molecule has 2 aliphatic heterocycles. The second-order valence-corrected chi connectivity index (χ2v) is 8.82. The minimum absolute atomic E-state index is 0.00712. The van der Waals surface area contributed by atoms with E-state index in [1.807, 2.05) is 35.2 Å². The Labute approximate surface area is 179 Å². The largest absolute Gasteiger partial charge is 0.338 e. The summed E-state index contributed by atoms with van der Waals surface area (Å²) in [6, 6.07) is 17.8. The fourth-order valence-corrected chi connectivity index (χ4v) is 4.52. The number of rotatable bonds is 6. The van der Waals surface area contributed by atoms with Gasteiger partial charge in [-0.2, -0.15) is 0 Å². The van der Waals surface area contributed by atoms with Crippen molar-refractivity contribution in [3.05, 3.63) is 71.3 Å². The van der Waals surface area contributed by atoms with Gasteiger partial charge in [0.2, 0.25) is 5.91 Å². The van der Waals surface area contributed by atoms with E-state index in [0.29, 0.717) is 18.9 Å². The molecule has 0 bridgehead atoms. The number of nitrogens with zero attached hydrogens (tertiary/aromatic N) is 3. The van der Waals surface area contributed by atoms with Gasteiger partial charge in [0.05, 0.1) is 0 Å². The molecule has 1 saturated heterocycles. The number of fused-ring (bicyclic) bond motifs is 1. The van der Waals surface area contributed by atoms with Gasteiger partial charge in [0, 0.05) is 44.8 Å². The first-order valence-electron chi connectivity index (χ1n) is 11.0. The van der Waals surface area contributed by atoms with Gasteiger partial charge >= 0.3 is 0 Å². The van der Waals surface area contributed by atoms with Crippen molar-refractivity contribution >= 4 is 11.8 Å². The van der Waals surface area contributed by atoms with Crippen LogP contribution in [0.1, 0.15) is 41.8 Å². The quantitative estimate of drug-likeness (QED) is 0.740. The Morgan fingerprint density at radius 2 is 1.60 bits per heavy atom. The van der Waals surface area contributed by atoms with Crippen molar-refractivity contribution < 1.29 is 9.59 Å². The lowest BCUT2D eigenvalue weighted by Gasteiger charge is -2.38. The Hall–Kier alpha value is -2.66. The summed E-state index contributed by atoms with van der Waals surface area (Å²) in [7, 11) is 0. The SMILES string of the molecule is CC(C)C[C@@H](C(=O)N1CCN(Cc2ccccc2)CC1)N1Cc2ccccc2C1=O. The maximum absolute atomic E-state index is 13.5. The van der Waals surface area contributed by atoms with Crippen LogP contribution in [0.15, 0.2) is 54.6 Å². The molecule has 30 heavy (non-hydrogen) atoms. The highest BCUT2D eigenvalue weighted by atomic mass is 16.2. The first kappa shape index (κ1) is 20.6. The van der Waals surface area contributed by atoms with Crippen LogP contribution in [0.5, 0.6) is 0 Å². The highest BCUT2D eigenvalue weighted by Gasteiger charge is 2.38. The summed E-state index contributed by atoms with van der Waals surface area (Å²) >= 11 is 0. The zero-order valence-electron chi connectivity index (χ0n) is 18.0. The highest BCUT2D eigenvalue weighted by Crippen LogP contribution is 2.28. The number of benzene rings is 2. The lowest BCUT2D eigenvalue weighted by atomic mass is 10.0. The fraction of sp³-hybridized carbons (Fsp3) is 0.440. The average molecular weight is 406 g/mol. The Morgan fingerprint density at radius 3 is 2.27 bits per heavy atom.